The summed E-state index contributed by atoms with van der Waals surface area (Å²) >= 11 is 0. The van der Waals surface area contributed by atoms with E-state index in [-0.39, 0.29) is 5.91 Å². The molecule has 0 N–H and O–H groups in total. The summed E-state index contributed by atoms with van der Waals surface area (Å²) in [6.07, 6.45) is 5.53. The molecule has 28 heavy (non-hydrogen) atoms. The van der Waals surface area contributed by atoms with Gasteiger partial charge in [-0.05, 0) is 37.6 Å². The van der Waals surface area contributed by atoms with Crippen LogP contribution in [0.4, 0.5) is 5.95 Å². The van der Waals surface area contributed by atoms with Gasteiger partial charge in [-0.15, -0.1) is 0 Å². The number of amides is 1. The van der Waals surface area contributed by atoms with Crippen LogP contribution in [0.15, 0.2) is 36.7 Å². The number of aromatic nitrogens is 2. The van der Waals surface area contributed by atoms with Crippen molar-refractivity contribution in [3.8, 4) is 11.5 Å². The zero-order chi connectivity index (χ0) is 19.8. The summed E-state index contributed by atoms with van der Waals surface area (Å²) < 4.78 is 11.5. The first-order valence-electron chi connectivity index (χ1n) is 9.93. The first kappa shape index (κ1) is 19.9. The largest absolute Gasteiger partial charge is 0.490 e. The van der Waals surface area contributed by atoms with Gasteiger partial charge in [0.2, 0.25) is 5.95 Å². The molecule has 1 fully saturated rings. The number of unbranched alkanes of at least 4 members (excludes halogenated alkanes) is 1. The van der Waals surface area contributed by atoms with Gasteiger partial charge in [0, 0.05) is 44.1 Å². The fourth-order valence-electron chi connectivity index (χ4n) is 3.10. The van der Waals surface area contributed by atoms with E-state index in [2.05, 4.69) is 21.8 Å². The predicted molar refractivity (Wildman–Crippen MR) is 108 cm³/mol. The second-order valence-corrected chi connectivity index (χ2v) is 6.62. The minimum Gasteiger partial charge on any atom is -0.490 e. The van der Waals surface area contributed by atoms with Crippen LogP contribution in [0, 0.1) is 0 Å². The third-order valence-corrected chi connectivity index (χ3v) is 4.65. The highest BCUT2D eigenvalue weighted by Gasteiger charge is 2.24. The van der Waals surface area contributed by atoms with Crippen LogP contribution in [-0.2, 0) is 0 Å². The van der Waals surface area contributed by atoms with E-state index in [9.17, 15) is 4.79 Å². The Morgan fingerprint density at radius 3 is 2.46 bits per heavy atom. The number of piperazine rings is 1. The summed E-state index contributed by atoms with van der Waals surface area (Å²) in [7, 11) is 0. The number of hydrogen-bond donors (Lipinski definition) is 0. The molecule has 150 valence electrons. The number of hydrogen-bond acceptors (Lipinski definition) is 6. The molecule has 1 aliphatic heterocycles. The quantitative estimate of drug-likeness (QED) is 0.652. The van der Waals surface area contributed by atoms with Gasteiger partial charge in [0.05, 0.1) is 13.2 Å². The maximum Gasteiger partial charge on any atom is 0.254 e. The fraction of sp³-hybridized carbons (Fsp3) is 0.476. The molecule has 0 aliphatic carbocycles. The standard InChI is InChI=1S/C21H28N4O3/c1-3-5-15-28-18-8-7-17(16-19(18)27-4-2)20(26)24-11-13-25(14-12-24)21-22-9-6-10-23-21/h6-10,16H,3-5,11-15H2,1-2H3. The molecule has 7 nitrogen and oxygen atoms in total. The van der Waals surface area contributed by atoms with Crippen LogP contribution >= 0.6 is 0 Å². The normalized spacial score (nSPS) is 14.1. The van der Waals surface area contributed by atoms with Gasteiger partial charge >= 0.3 is 0 Å². The van der Waals surface area contributed by atoms with Gasteiger partial charge in [0.15, 0.2) is 11.5 Å². The lowest BCUT2D eigenvalue weighted by Crippen LogP contribution is -2.49. The molecular formula is C21H28N4O3. The summed E-state index contributed by atoms with van der Waals surface area (Å²) in [6.45, 7) is 7.92. The third kappa shape index (κ3) is 4.91. The monoisotopic (exact) mass is 384 g/mol. The minimum atomic E-state index is 0.00897. The van der Waals surface area contributed by atoms with Crippen LogP contribution in [0.25, 0.3) is 0 Å². The van der Waals surface area contributed by atoms with Crippen LogP contribution < -0.4 is 14.4 Å². The Morgan fingerprint density at radius 2 is 1.79 bits per heavy atom. The lowest BCUT2D eigenvalue weighted by atomic mass is 10.1. The topological polar surface area (TPSA) is 67.8 Å². The molecular weight excluding hydrogens is 356 g/mol. The molecule has 0 spiro atoms. The van der Waals surface area contributed by atoms with Crippen molar-refractivity contribution in [2.24, 2.45) is 0 Å². The highest BCUT2D eigenvalue weighted by Crippen LogP contribution is 2.29. The number of benzene rings is 1. The van der Waals surface area contributed by atoms with Gasteiger partial charge in [-0.25, -0.2) is 9.97 Å². The number of carbonyl (C=O) groups is 1. The Balaban J connectivity index is 1.64. The third-order valence-electron chi connectivity index (χ3n) is 4.65. The summed E-state index contributed by atoms with van der Waals surface area (Å²) in [5.74, 6) is 2.04. The van der Waals surface area contributed by atoms with Crippen LogP contribution in [-0.4, -0.2) is 60.2 Å². The number of carbonyl (C=O) groups excluding carboxylic acids is 1. The molecule has 2 heterocycles. The molecule has 7 heteroatoms. The second kappa shape index (κ2) is 9.92. The number of anilines is 1. The SMILES string of the molecule is CCCCOc1ccc(C(=O)N2CCN(c3ncccn3)CC2)cc1OCC. The molecule has 1 aliphatic rings. The molecule has 1 aromatic heterocycles. The van der Waals surface area contributed by atoms with E-state index in [1.165, 1.54) is 0 Å². The Hall–Kier alpha value is -2.83. The number of ether oxygens (including phenoxy) is 2. The Kier molecular flexibility index (Phi) is 7.06. The van der Waals surface area contributed by atoms with E-state index in [4.69, 9.17) is 9.47 Å². The zero-order valence-corrected chi connectivity index (χ0v) is 16.6. The summed E-state index contributed by atoms with van der Waals surface area (Å²) in [6, 6.07) is 7.25. The molecule has 0 unspecified atom stereocenters. The van der Waals surface area contributed by atoms with Crippen LogP contribution in [0.1, 0.15) is 37.0 Å². The smallest absolute Gasteiger partial charge is 0.254 e. The van der Waals surface area contributed by atoms with Gasteiger partial charge in [-0.2, -0.15) is 0 Å². The lowest BCUT2D eigenvalue weighted by Gasteiger charge is -2.34. The van der Waals surface area contributed by atoms with Crippen molar-refractivity contribution in [3.63, 3.8) is 0 Å². The highest BCUT2D eigenvalue weighted by molar-refractivity contribution is 5.95. The first-order chi connectivity index (χ1) is 13.7. The van der Waals surface area contributed by atoms with E-state index < -0.39 is 0 Å². The highest BCUT2D eigenvalue weighted by atomic mass is 16.5. The van der Waals surface area contributed by atoms with Crippen molar-refractivity contribution in [1.82, 2.24) is 14.9 Å². The Labute approximate surface area is 166 Å². The van der Waals surface area contributed by atoms with Crippen molar-refractivity contribution in [3.05, 3.63) is 42.2 Å². The molecule has 1 aromatic carbocycles. The Morgan fingerprint density at radius 1 is 1.04 bits per heavy atom. The van der Waals surface area contributed by atoms with Crippen LogP contribution in [0.5, 0.6) is 11.5 Å². The van der Waals surface area contributed by atoms with E-state index in [1.807, 2.05) is 24.0 Å². The Bertz CT molecular complexity index is 762. The molecule has 1 amide bonds. The van der Waals surface area contributed by atoms with Crippen molar-refractivity contribution in [2.75, 3.05) is 44.3 Å². The maximum absolute atomic E-state index is 13.0. The first-order valence-corrected chi connectivity index (χ1v) is 9.93. The van der Waals surface area contributed by atoms with Crippen molar-refractivity contribution >= 4 is 11.9 Å². The zero-order valence-electron chi connectivity index (χ0n) is 16.6. The molecule has 0 bridgehead atoms. The summed E-state index contributed by atoms with van der Waals surface area (Å²) in [5.41, 5.74) is 0.621. The predicted octanol–water partition coefficient (Wildman–Crippen LogP) is 3.02. The summed E-state index contributed by atoms with van der Waals surface area (Å²) in [4.78, 5) is 25.5. The van der Waals surface area contributed by atoms with E-state index in [1.54, 1.807) is 24.5 Å². The molecule has 2 aromatic rings. The average Bonchev–Trinajstić information content (AvgIpc) is 2.75. The van der Waals surface area contributed by atoms with Crippen molar-refractivity contribution in [1.29, 1.82) is 0 Å². The minimum absolute atomic E-state index is 0.00897. The van der Waals surface area contributed by atoms with Crippen molar-refractivity contribution in [2.45, 2.75) is 26.7 Å². The number of nitrogens with zero attached hydrogens (tertiary/aromatic N) is 4. The van der Waals surface area contributed by atoms with E-state index in [0.717, 1.165) is 12.8 Å². The van der Waals surface area contributed by atoms with Gasteiger partial charge in [0.1, 0.15) is 0 Å². The van der Waals surface area contributed by atoms with E-state index >= 15 is 0 Å². The summed E-state index contributed by atoms with van der Waals surface area (Å²) in [5, 5.41) is 0. The van der Waals surface area contributed by atoms with Gasteiger partial charge in [0.25, 0.3) is 5.91 Å². The fourth-order valence-corrected chi connectivity index (χ4v) is 3.10. The van der Waals surface area contributed by atoms with Crippen LogP contribution in [0.2, 0.25) is 0 Å². The second-order valence-electron chi connectivity index (χ2n) is 6.62. The van der Waals surface area contributed by atoms with Crippen molar-refractivity contribution < 1.29 is 14.3 Å². The van der Waals surface area contributed by atoms with Gasteiger partial charge < -0.3 is 19.3 Å². The number of rotatable bonds is 8. The molecule has 1 saturated heterocycles. The average molecular weight is 384 g/mol. The van der Waals surface area contributed by atoms with E-state index in [0.29, 0.717) is 62.4 Å². The maximum atomic E-state index is 13.0. The van der Waals surface area contributed by atoms with Gasteiger partial charge in [-0.3, -0.25) is 4.79 Å². The van der Waals surface area contributed by atoms with Crippen LogP contribution in [0.3, 0.4) is 0 Å². The molecule has 0 saturated carbocycles. The molecule has 3 rings (SSSR count). The molecule has 0 atom stereocenters. The van der Waals surface area contributed by atoms with Gasteiger partial charge in [-0.1, -0.05) is 13.3 Å². The molecule has 0 radical (unpaired) electrons. The lowest BCUT2D eigenvalue weighted by molar-refractivity contribution is 0.0745.